The van der Waals surface area contributed by atoms with Crippen LogP contribution in [-0.2, 0) is 17.9 Å². The van der Waals surface area contributed by atoms with Crippen molar-refractivity contribution < 1.29 is 9.21 Å². The molecular weight excluding hydrogens is 300 g/mol. The second kappa shape index (κ2) is 7.22. The predicted octanol–water partition coefficient (Wildman–Crippen LogP) is 3.49. The molecule has 1 aliphatic carbocycles. The number of benzene rings is 1. The molecule has 4 heteroatoms. The minimum absolute atomic E-state index is 0.0871. The highest BCUT2D eigenvalue weighted by atomic mass is 16.3. The van der Waals surface area contributed by atoms with Crippen LogP contribution < -0.4 is 0 Å². The molecular formula is C20H26N2O2. The molecule has 2 aromatic rings. The van der Waals surface area contributed by atoms with Gasteiger partial charge in [0, 0.05) is 31.5 Å². The van der Waals surface area contributed by atoms with E-state index in [1.54, 1.807) is 6.26 Å². The Balaban J connectivity index is 1.59. The zero-order valence-corrected chi connectivity index (χ0v) is 14.7. The van der Waals surface area contributed by atoms with E-state index in [1.807, 2.05) is 24.0 Å². The molecule has 1 heterocycles. The first-order valence-electron chi connectivity index (χ1n) is 8.63. The summed E-state index contributed by atoms with van der Waals surface area (Å²) in [5, 5.41) is 0. The number of amides is 1. The molecule has 3 rings (SSSR count). The van der Waals surface area contributed by atoms with Crippen LogP contribution in [0.4, 0.5) is 0 Å². The first-order chi connectivity index (χ1) is 11.6. The van der Waals surface area contributed by atoms with Gasteiger partial charge in [-0.3, -0.25) is 4.79 Å². The second-order valence-electron chi connectivity index (χ2n) is 6.87. The van der Waals surface area contributed by atoms with Gasteiger partial charge in [0.05, 0.1) is 6.26 Å². The minimum atomic E-state index is 0.0871. The van der Waals surface area contributed by atoms with Crippen LogP contribution in [0.15, 0.2) is 47.1 Å². The lowest BCUT2D eigenvalue weighted by Gasteiger charge is -2.21. The standard InChI is InChI=1S/C20H26N2O2/c1-4-22(14-16-9-7-15(8-10-16)13-21(2)3)20(23)18-12-17(18)19-6-5-11-24-19/h5-11,17-18H,4,12-14H2,1-3H3. The van der Waals surface area contributed by atoms with Crippen LogP contribution in [0.2, 0.25) is 0 Å². The molecule has 0 spiro atoms. The van der Waals surface area contributed by atoms with E-state index in [4.69, 9.17) is 4.42 Å². The second-order valence-corrected chi connectivity index (χ2v) is 6.87. The molecule has 1 aliphatic rings. The maximum atomic E-state index is 12.7. The molecule has 1 aromatic carbocycles. The summed E-state index contributed by atoms with van der Waals surface area (Å²) in [4.78, 5) is 16.8. The lowest BCUT2D eigenvalue weighted by molar-refractivity contribution is -0.133. The summed E-state index contributed by atoms with van der Waals surface area (Å²) in [7, 11) is 4.13. The normalized spacial score (nSPS) is 19.5. The van der Waals surface area contributed by atoms with Gasteiger partial charge in [0.1, 0.15) is 5.76 Å². The van der Waals surface area contributed by atoms with Crippen LogP contribution in [0.3, 0.4) is 0 Å². The van der Waals surface area contributed by atoms with Crippen molar-refractivity contribution in [2.75, 3.05) is 20.6 Å². The van der Waals surface area contributed by atoms with Crippen LogP contribution in [0, 0.1) is 5.92 Å². The fraction of sp³-hybridized carbons (Fsp3) is 0.450. The van der Waals surface area contributed by atoms with Gasteiger partial charge in [0.2, 0.25) is 5.91 Å². The van der Waals surface area contributed by atoms with E-state index >= 15 is 0 Å². The molecule has 2 unspecified atom stereocenters. The van der Waals surface area contributed by atoms with Crippen molar-refractivity contribution in [3.8, 4) is 0 Å². The fourth-order valence-corrected chi connectivity index (χ4v) is 3.20. The first-order valence-corrected chi connectivity index (χ1v) is 8.63. The van der Waals surface area contributed by atoms with E-state index in [-0.39, 0.29) is 17.7 Å². The maximum absolute atomic E-state index is 12.7. The number of hydrogen-bond acceptors (Lipinski definition) is 3. The van der Waals surface area contributed by atoms with Crippen molar-refractivity contribution in [1.29, 1.82) is 0 Å². The number of hydrogen-bond donors (Lipinski definition) is 0. The third-order valence-corrected chi connectivity index (χ3v) is 4.60. The third-order valence-electron chi connectivity index (χ3n) is 4.60. The minimum Gasteiger partial charge on any atom is -0.469 e. The molecule has 2 atom stereocenters. The summed E-state index contributed by atoms with van der Waals surface area (Å²) in [6.07, 6.45) is 2.59. The van der Waals surface area contributed by atoms with Gasteiger partial charge in [-0.15, -0.1) is 0 Å². The van der Waals surface area contributed by atoms with Crippen molar-refractivity contribution in [3.63, 3.8) is 0 Å². The van der Waals surface area contributed by atoms with E-state index in [9.17, 15) is 4.79 Å². The fourth-order valence-electron chi connectivity index (χ4n) is 3.20. The van der Waals surface area contributed by atoms with Crippen LogP contribution in [0.5, 0.6) is 0 Å². The molecule has 0 saturated heterocycles. The highest BCUT2D eigenvalue weighted by molar-refractivity contribution is 5.82. The van der Waals surface area contributed by atoms with Crippen molar-refractivity contribution in [2.45, 2.75) is 32.4 Å². The van der Waals surface area contributed by atoms with Gasteiger partial charge in [-0.2, -0.15) is 0 Å². The Morgan fingerprint density at radius 2 is 1.79 bits per heavy atom. The van der Waals surface area contributed by atoms with Crippen molar-refractivity contribution in [1.82, 2.24) is 9.80 Å². The molecule has 0 aliphatic heterocycles. The largest absolute Gasteiger partial charge is 0.469 e. The smallest absolute Gasteiger partial charge is 0.226 e. The summed E-state index contributed by atoms with van der Waals surface area (Å²) in [6.45, 7) is 4.39. The number of carbonyl (C=O) groups excluding carboxylic acids is 1. The monoisotopic (exact) mass is 326 g/mol. The number of nitrogens with zero attached hydrogens (tertiary/aromatic N) is 2. The van der Waals surface area contributed by atoms with Crippen molar-refractivity contribution in [3.05, 3.63) is 59.5 Å². The first kappa shape index (κ1) is 16.8. The molecule has 0 bridgehead atoms. The van der Waals surface area contributed by atoms with Gasteiger partial charge >= 0.3 is 0 Å². The predicted molar refractivity (Wildman–Crippen MR) is 94.5 cm³/mol. The maximum Gasteiger partial charge on any atom is 0.226 e. The van der Waals surface area contributed by atoms with Crippen LogP contribution in [0.1, 0.15) is 36.1 Å². The van der Waals surface area contributed by atoms with E-state index < -0.39 is 0 Å². The summed E-state index contributed by atoms with van der Waals surface area (Å²) in [5.74, 6) is 1.54. The molecule has 0 radical (unpaired) electrons. The van der Waals surface area contributed by atoms with Gasteiger partial charge in [-0.05, 0) is 50.7 Å². The zero-order valence-electron chi connectivity index (χ0n) is 14.7. The lowest BCUT2D eigenvalue weighted by atomic mass is 10.1. The van der Waals surface area contributed by atoms with E-state index in [0.717, 1.165) is 25.3 Å². The molecule has 1 aromatic heterocycles. The highest BCUT2D eigenvalue weighted by Crippen LogP contribution is 2.48. The Labute approximate surface area is 144 Å². The molecule has 1 saturated carbocycles. The van der Waals surface area contributed by atoms with Gasteiger partial charge in [-0.25, -0.2) is 0 Å². The highest BCUT2D eigenvalue weighted by Gasteiger charge is 2.47. The van der Waals surface area contributed by atoms with Gasteiger partial charge < -0.3 is 14.2 Å². The molecule has 0 N–H and O–H groups in total. The zero-order chi connectivity index (χ0) is 17.1. The molecule has 128 valence electrons. The van der Waals surface area contributed by atoms with E-state index in [1.165, 1.54) is 11.1 Å². The molecule has 1 fully saturated rings. The SMILES string of the molecule is CCN(Cc1ccc(CN(C)C)cc1)C(=O)C1CC1c1ccco1. The van der Waals surface area contributed by atoms with Gasteiger partial charge in [0.25, 0.3) is 0 Å². The van der Waals surface area contributed by atoms with Gasteiger partial charge in [-0.1, -0.05) is 24.3 Å². The molecule has 1 amide bonds. The molecule has 24 heavy (non-hydrogen) atoms. The summed E-state index contributed by atoms with van der Waals surface area (Å²) in [5.41, 5.74) is 2.47. The number of furan rings is 1. The van der Waals surface area contributed by atoms with Crippen LogP contribution >= 0.6 is 0 Å². The topological polar surface area (TPSA) is 36.7 Å². The summed E-state index contributed by atoms with van der Waals surface area (Å²) >= 11 is 0. The third kappa shape index (κ3) is 3.88. The number of carbonyl (C=O) groups is 1. The van der Waals surface area contributed by atoms with E-state index in [0.29, 0.717) is 6.54 Å². The van der Waals surface area contributed by atoms with E-state index in [2.05, 4.69) is 43.3 Å². The quantitative estimate of drug-likeness (QED) is 0.781. The Morgan fingerprint density at radius 1 is 1.12 bits per heavy atom. The van der Waals surface area contributed by atoms with Crippen LogP contribution in [0.25, 0.3) is 0 Å². The molecule has 4 nitrogen and oxygen atoms in total. The Hall–Kier alpha value is -2.07. The Kier molecular flexibility index (Phi) is 5.05. The van der Waals surface area contributed by atoms with Crippen molar-refractivity contribution in [2.24, 2.45) is 5.92 Å². The average molecular weight is 326 g/mol. The average Bonchev–Trinajstić information content (AvgIpc) is 3.18. The van der Waals surface area contributed by atoms with Gasteiger partial charge in [0.15, 0.2) is 0 Å². The summed E-state index contributed by atoms with van der Waals surface area (Å²) < 4.78 is 5.44. The van der Waals surface area contributed by atoms with Crippen molar-refractivity contribution >= 4 is 5.91 Å². The number of rotatable bonds is 7. The lowest BCUT2D eigenvalue weighted by Crippen LogP contribution is -2.31. The summed E-state index contributed by atoms with van der Waals surface area (Å²) in [6, 6.07) is 12.4. The Bertz CT molecular complexity index is 661. The van der Waals surface area contributed by atoms with Crippen LogP contribution in [-0.4, -0.2) is 36.3 Å². The Morgan fingerprint density at radius 3 is 2.33 bits per heavy atom.